The predicted molar refractivity (Wildman–Crippen MR) is 82.8 cm³/mol. The first kappa shape index (κ1) is 14.1. The Kier molecular flexibility index (Phi) is 3.35. The van der Waals surface area contributed by atoms with Gasteiger partial charge in [0, 0.05) is 11.8 Å². The number of carbonyl (C=O) groups excluding carboxylic acids is 1. The van der Waals surface area contributed by atoms with Gasteiger partial charge < -0.3 is 4.74 Å². The van der Waals surface area contributed by atoms with Crippen LogP contribution in [0.25, 0.3) is 0 Å². The molecule has 2 heteroatoms. The standard InChI is InChI=1S/C19H30O2/c1-2-17(20)21-19(6-4-3-5-7-19)18-11-14-8-15(12-18)10-16(9-14)13-18/h14-16H,2-13H2,1H3. The van der Waals surface area contributed by atoms with E-state index >= 15 is 0 Å². The van der Waals surface area contributed by atoms with Gasteiger partial charge in [-0.1, -0.05) is 13.3 Å². The molecule has 5 rings (SSSR count). The Morgan fingerprint density at radius 2 is 1.48 bits per heavy atom. The van der Waals surface area contributed by atoms with Crippen LogP contribution in [0.5, 0.6) is 0 Å². The topological polar surface area (TPSA) is 26.3 Å². The van der Waals surface area contributed by atoms with Gasteiger partial charge in [0.2, 0.25) is 0 Å². The quantitative estimate of drug-likeness (QED) is 0.694. The lowest BCUT2D eigenvalue weighted by atomic mass is 9.44. The molecule has 0 aromatic rings. The highest BCUT2D eigenvalue weighted by Gasteiger charge is 2.62. The molecule has 0 aliphatic heterocycles. The van der Waals surface area contributed by atoms with Gasteiger partial charge in [-0.3, -0.25) is 4.79 Å². The van der Waals surface area contributed by atoms with Crippen molar-refractivity contribution in [1.82, 2.24) is 0 Å². The van der Waals surface area contributed by atoms with Gasteiger partial charge in [-0.2, -0.15) is 0 Å². The van der Waals surface area contributed by atoms with Crippen molar-refractivity contribution in [2.24, 2.45) is 23.2 Å². The Bertz CT molecular complexity index is 384. The van der Waals surface area contributed by atoms with E-state index in [0.29, 0.717) is 11.8 Å². The van der Waals surface area contributed by atoms with Gasteiger partial charge in [0.1, 0.15) is 5.60 Å². The molecule has 5 aliphatic rings. The van der Waals surface area contributed by atoms with E-state index in [-0.39, 0.29) is 11.6 Å². The van der Waals surface area contributed by atoms with Crippen LogP contribution in [0.3, 0.4) is 0 Å². The van der Waals surface area contributed by atoms with E-state index in [1.807, 2.05) is 6.92 Å². The van der Waals surface area contributed by atoms with Crippen LogP contribution in [0.15, 0.2) is 0 Å². The molecule has 0 amide bonds. The monoisotopic (exact) mass is 290 g/mol. The van der Waals surface area contributed by atoms with Crippen LogP contribution < -0.4 is 0 Å². The summed E-state index contributed by atoms with van der Waals surface area (Å²) in [5, 5.41) is 0. The number of ether oxygens (including phenoxy) is 1. The van der Waals surface area contributed by atoms with Gasteiger partial charge >= 0.3 is 5.97 Å². The highest BCUT2D eigenvalue weighted by Crippen LogP contribution is 2.66. The SMILES string of the molecule is CCC(=O)OC1(C23CC4CC(CC(C4)C2)C3)CCCCC1. The number of rotatable bonds is 3. The zero-order chi connectivity index (χ0) is 14.5. The van der Waals surface area contributed by atoms with Gasteiger partial charge in [-0.25, -0.2) is 0 Å². The van der Waals surface area contributed by atoms with Crippen LogP contribution in [0.1, 0.15) is 84.0 Å². The molecule has 0 unspecified atom stereocenters. The summed E-state index contributed by atoms with van der Waals surface area (Å²) in [5.41, 5.74) is 0.265. The Balaban J connectivity index is 1.67. The van der Waals surface area contributed by atoms with Crippen molar-refractivity contribution in [3.63, 3.8) is 0 Å². The van der Waals surface area contributed by atoms with Gasteiger partial charge in [-0.05, 0) is 82.0 Å². The van der Waals surface area contributed by atoms with Crippen LogP contribution in [-0.4, -0.2) is 11.6 Å². The average molecular weight is 290 g/mol. The zero-order valence-corrected chi connectivity index (χ0v) is 13.5. The molecule has 0 aromatic carbocycles. The second-order valence-corrected chi connectivity index (χ2v) is 8.58. The first-order chi connectivity index (χ1) is 10.1. The van der Waals surface area contributed by atoms with Crippen molar-refractivity contribution >= 4 is 5.97 Å². The fraction of sp³-hybridized carbons (Fsp3) is 0.947. The highest BCUT2D eigenvalue weighted by atomic mass is 16.6. The van der Waals surface area contributed by atoms with Crippen LogP contribution >= 0.6 is 0 Å². The smallest absolute Gasteiger partial charge is 0.306 e. The van der Waals surface area contributed by atoms with E-state index in [1.54, 1.807) is 0 Å². The number of hydrogen-bond acceptors (Lipinski definition) is 2. The van der Waals surface area contributed by atoms with Crippen LogP contribution in [0.4, 0.5) is 0 Å². The van der Waals surface area contributed by atoms with Crippen molar-refractivity contribution in [2.45, 2.75) is 89.6 Å². The third kappa shape index (κ3) is 2.16. The Morgan fingerprint density at radius 3 is 1.95 bits per heavy atom. The molecule has 0 atom stereocenters. The maximum Gasteiger partial charge on any atom is 0.306 e. The summed E-state index contributed by atoms with van der Waals surface area (Å²) in [4.78, 5) is 12.2. The second-order valence-electron chi connectivity index (χ2n) is 8.58. The fourth-order valence-electron chi connectivity index (χ4n) is 6.82. The fourth-order valence-corrected chi connectivity index (χ4v) is 6.82. The number of hydrogen-bond donors (Lipinski definition) is 0. The molecule has 21 heavy (non-hydrogen) atoms. The molecule has 0 heterocycles. The van der Waals surface area contributed by atoms with Crippen molar-refractivity contribution in [3.05, 3.63) is 0 Å². The summed E-state index contributed by atoms with van der Waals surface area (Å²) in [5.74, 6) is 2.87. The minimum absolute atomic E-state index is 0.0487. The summed E-state index contributed by atoms with van der Waals surface area (Å²) < 4.78 is 6.27. The van der Waals surface area contributed by atoms with E-state index in [2.05, 4.69) is 0 Å². The molecule has 0 radical (unpaired) electrons. The minimum Gasteiger partial charge on any atom is -0.458 e. The van der Waals surface area contributed by atoms with Gasteiger partial charge in [0.25, 0.3) is 0 Å². The van der Waals surface area contributed by atoms with Crippen LogP contribution in [0.2, 0.25) is 0 Å². The van der Waals surface area contributed by atoms with E-state index in [0.717, 1.165) is 30.6 Å². The average Bonchev–Trinajstić information content (AvgIpc) is 2.46. The Hall–Kier alpha value is -0.530. The van der Waals surface area contributed by atoms with E-state index < -0.39 is 0 Å². The molecule has 5 aliphatic carbocycles. The van der Waals surface area contributed by atoms with E-state index in [9.17, 15) is 4.79 Å². The van der Waals surface area contributed by atoms with Crippen molar-refractivity contribution in [1.29, 1.82) is 0 Å². The van der Waals surface area contributed by atoms with Crippen LogP contribution in [-0.2, 0) is 9.53 Å². The third-order valence-electron chi connectivity index (χ3n) is 7.26. The van der Waals surface area contributed by atoms with Gasteiger partial charge in [0.15, 0.2) is 0 Å². The lowest BCUT2D eigenvalue weighted by Crippen LogP contribution is -2.60. The molecule has 2 nitrogen and oxygen atoms in total. The first-order valence-electron chi connectivity index (χ1n) is 9.37. The van der Waals surface area contributed by atoms with Crippen molar-refractivity contribution in [2.75, 3.05) is 0 Å². The number of carbonyl (C=O) groups is 1. The molecule has 5 saturated carbocycles. The highest BCUT2D eigenvalue weighted by molar-refractivity contribution is 5.69. The summed E-state index contributed by atoms with van der Waals surface area (Å²) in [6.45, 7) is 1.94. The zero-order valence-electron chi connectivity index (χ0n) is 13.5. The lowest BCUT2D eigenvalue weighted by molar-refractivity contribution is -0.218. The maximum absolute atomic E-state index is 12.2. The molecular formula is C19H30O2. The van der Waals surface area contributed by atoms with Gasteiger partial charge in [0.05, 0.1) is 0 Å². The summed E-state index contributed by atoms with van der Waals surface area (Å²) in [6.07, 6.45) is 15.2. The molecular weight excluding hydrogens is 260 g/mol. The molecule has 5 fully saturated rings. The molecule has 0 N–H and O–H groups in total. The van der Waals surface area contributed by atoms with Crippen molar-refractivity contribution < 1.29 is 9.53 Å². The Labute approximate surface area is 129 Å². The summed E-state index contributed by atoms with van der Waals surface area (Å²) >= 11 is 0. The molecule has 0 saturated heterocycles. The maximum atomic E-state index is 12.2. The third-order valence-corrected chi connectivity index (χ3v) is 7.26. The summed E-state index contributed by atoms with van der Waals surface area (Å²) in [6, 6.07) is 0. The molecule has 0 aromatic heterocycles. The predicted octanol–water partition coefficient (Wildman–Crippen LogP) is 4.86. The lowest BCUT2D eigenvalue weighted by Gasteiger charge is -2.63. The molecule has 118 valence electrons. The Morgan fingerprint density at radius 1 is 0.952 bits per heavy atom. The van der Waals surface area contributed by atoms with E-state index in [4.69, 9.17) is 4.74 Å². The van der Waals surface area contributed by atoms with Crippen LogP contribution in [0, 0.1) is 23.2 Å². The second kappa shape index (κ2) is 4.99. The van der Waals surface area contributed by atoms with Crippen molar-refractivity contribution in [3.8, 4) is 0 Å². The molecule has 0 spiro atoms. The summed E-state index contributed by atoms with van der Waals surface area (Å²) in [7, 11) is 0. The minimum atomic E-state index is -0.0889. The first-order valence-corrected chi connectivity index (χ1v) is 9.37. The van der Waals surface area contributed by atoms with Gasteiger partial charge in [-0.15, -0.1) is 0 Å². The molecule has 4 bridgehead atoms. The largest absolute Gasteiger partial charge is 0.458 e. The van der Waals surface area contributed by atoms with E-state index in [1.165, 1.54) is 57.8 Å². The number of esters is 1. The normalized spacial score (nSPS) is 43.8.